The van der Waals surface area contributed by atoms with Gasteiger partial charge in [0.15, 0.2) is 0 Å². The maximum atomic E-state index is 12.1. The van der Waals surface area contributed by atoms with E-state index in [9.17, 15) is 9.90 Å². The van der Waals surface area contributed by atoms with Gasteiger partial charge in [0, 0.05) is 25.5 Å². The number of nitrogens with zero attached hydrogens (tertiary/aromatic N) is 4. The monoisotopic (exact) mass is 319 g/mol. The van der Waals surface area contributed by atoms with Crippen molar-refractivity contribution in [3.05, 3.63) is 34.5 Å². The van der Waals surface area contributed by atoms with E-state index >= 15 is 0 Å². The Hall–Kier alpha value is -2.06. The van der Waals surface area contributed by atoms with E-state index in [2.05, 4.69) is 20.3 Å². The van der Waals surface area contributed by atoms with E-state index in [0.29, 0.717) is 36.0 Å². The fourth-order valence-electron chi connectivity index (χ4n) is 2.47. The minimum atomic E-state index is -0.965. The number of β-amino-alcohol motifs (C(OH)–C–C–N with tert-alkyl or cyclic N) is 1. The summed E-state index contributed by atoms with van der Waals surface area (Å²) in [7, 11) is 0. The normalized spacial score (nSPS) is 21.1. The van der Waals surface area contributed by atoms with Crippen molar-refractivity contribution in [2.75, 3.05) is 24.5 Å². The van der Waals surface area contributed by atoms with Gasteiger partial charge in [-0.15, -0.1) is 11.3 Å². The van der Waals surface area contributed by atoms with Crippen LogP contribution >= 0.6 is 11.3 Å². The Morgan fingerprint density at radius 1 is 1.45 bits per heavy atom. The number of aliphatic hydroxyl groups is 1. The molecule has 0 bridgehead atoms. The van der Waals surface area contributed by atoms with Crippen LogP contribution in [0.5, 0.6) is 0 Å². The summed E-state index contributed by atoms with van der Waals surface area (Å²) in [5.41, 5.74) is 1.39. The summed E-state index contributed by atoms with van der Waals surface area (Å²) in [6, 6.07) is 1.75. The van der Waals surface area contributed by atoms with Crippen LogP contribution in [0.25, 0.3) is 0 Å². The number of anilines is 1. The van der Waals surface area contributed by atoms with Crippen molar-refractivity contribution in [2.45, 2.75) is 18.9 Å². The third kappa shape index (κ3) is 3.07. The van der Waals surface area contributed by atoms with Gasteiger partial charge < -0.3 is 15.3 Å². The largest absolute Gasteiger partial charge is 0.386 e. The Labute approximate surface area is 132 Å². The molecule has 0 aromatic carbocycles. The highest BCUT2D eigenvalue weighted by Crippen LogP contribution is 2.24. The molecule has 1 amide bonds. The molecule has 8 heteroatoms. The first kappa shape index (κ1) is 14.9. The number of aryl methyl sites for hydroxylation is 1. The SMILES string of the molecule is Cc1ncsc1C(=O)NCC1(O)CCN(c2ncccn2)C1. The van der Waals surface area contributed by atoms with Gasteiger partial charge in [0.1, 0.15) is 10.5 Å². The molecular weight excluding hydrogens is 302 g/mol. The molecule has 3 heterocycles. The van der Waals surface area contributed by atoms with E-state index in [-0.39, 0.29) is 12.5 Å². The highest BCUT2D eigenvalue weighted by molar-refractivity contribution is 7.11. The molecule has 0 aliphatic carbocycles. The minimum Gasteiger partial charge on any atom is -0.386 e. The van der Waals surface area contributed by atoms with Crippen molar-refractivity contribution < 1.29 is 9.90 Å². The zero-order valence-electron chi connectivity index (χ0n) is 12.2. The van der Waals surface area contributed by atoms with E-state index < -0.39 is 5.60 Å². The molecule has 0 saturated carbocycles. The fraction of sp³-hybridized carbons (Fsp3) is 0.429. The zero-order chi connectivity index (χ0) is 15.6. The lowest BCUT2D eigenvalue weighted by atomic mass is 10.0. The van der Waals surface area contributed by atoms with Crippen LogP contribution in [-0.2, 0) is 0 Å². The number of carbonyl (C=O) groups is 1. The van der Waals surface area contributed by atoms with Crippen molar-refractivity contribution in [3.63, 3.8) is 0 Å². The highest BCUT2D eigenvalue weighted by Gasteiger charge is 2.37. The molecule has 0 radical (unpaired) electrons. The lowest BCUT2D eigenvalue weighted by Gasteiger charge is -2.23. The van der Waals surface area contributed by atoms with Crippen LogP contribution in [-0.4, -0.2) is 51.2 Å². The lowest BCUT2D eigenvalue weighted by Crippen LogP contribution is -2.45. The van der Waals surface area contributed by atoms with Crippen LogP contribution in [0.2, 0.25) is 0 Å². The number of thiazole rings is 1. The zero-order valence-corrected chi connectivity index (χ0v) is 13.0. The quantitative estimate of drug-likeness (QED) is 0.858. The number of hydrogen-bond donors (Lipinski definition) is 2. The highest BCUT2D eigenvalue weighted by atomic mass is 32.1. The van der Waals surface area contributed by atoms with E-state index in [1.54, 1.807) is 30.9 Å². The van der Waals surface area contributed by atoms with Crippen LogP contribution in [0.4, 0.5) is 5.95 Å². The molecule has 22 heavy (non-hydrogen) atoms. The van der Waals surface area contributed by atoms with Gasteiger partial charge in [0.05, 0.1) is 17.7 Å². The fourth-order valence-corrected chi connectivity index (χ4v) is 3.19. The van der Waals surface area contributed by atoms with Crippen molar-refractivity contribution >= 4 is 23.2 Å². The molecule has 2 aromatic rings. The molecule has 1 unspecified atom stereocenters. The predicted molar refractivity (Wildman–Crippen MR) is 83.0 cm³/mol. The molecule has 1 atom stereocenters. The smallest absolute Gasteiger partial charge is 0.263 e. The van der Waals surface area contributed by atoms with E-state index in [1.165, 1.54) is 11.3 Å². The van der Waals surface area contributed by atoms with Gasteiger partial charge in [-0.25, -0.2) is 15.0 Å². The van der Waals surface area contributed by atoms with E-state index in [0.717, 1.165) is 0 Å². The third-order valence-corrected chi connectivity index (χ3v) is 4.62. The van der Waals surface area contributed by atoms with Gasteiger partial charge in [-0.05, 0) is 19.4 Å². The first-order valence-electron chi connectivity index (χ1n) is 7.00. The molecule has 1 saturated heterocycles. The average Bonchev–Trinajstić information content (AvgIpc) is 3.13. The van der Waals surface area contributed by atoms with Crippen molar-refractivity contribution in [1.29, 1.82) is 0 Å². The summed E-state index contributed by atoms with van der Waals surface area (Å²) in [5, 5.41) is 13.4. The number of hydrogen-bond acceptors (Lipinski definition) is 7. The van der Waals surface area contributed by atoms with Gasteiger partial charge in [0.25, 0.3) is 5.91 Å². The molecule has 1 fully saturated rings. The second kappa shape index (κ2) is 5.98. The van der Waals surface area contributed by atoms with Gasteiger partial charge in [-0.2, -0.15) is 0 Å². The Morgan fingerprint density at radius 2 is 2.23 bits per heavy atom. The molecule has 2 aromatic heterocycles. The van der Waals surface area contributed by atoms with Crippen LogP contribution in [0.15, 0.2) is 24.0 Å². The van der Waals surface area contributed by atoms with Gasteiger partial charge in [0.2, 0.25) is 5.95 Å². The third-order valence-electron chi connectivity index (χ3n) is 3.70. The number of amides is 1. The average molecular weight is 319 g/mol. The standard InChI is InChI=1S/C14H17N5O2S/c1-10-11(22-9-18-10)12(20)17-7-14(21)3-6-19(8-14)13-15-4-2-5-16-13/h2,4-5,9,21H,3,6-8H2,1H3,(H,17,20). The summed E-state index contributed by atoms with van der Waals surface area (Å²) < 4.78 is 0. The maximum absolute atomic E-state index is 12.1. The molecule has 1 aliphatic heterocycles. The second-order valence-electron chi connectivity index (χ2n) is 5.39. The first-order chi connectivity index (χ1) is 10.6. The van der Waals surface area contributed by atoms with Crippen LogP contribution < -0.4 is 10.2 Å². The number of rotatable bonds is 4. The second-order valence-corrected chi connectivity index (χ2v) is 6.25. The summed E-state index contributed by atoms with van der Waals surface area (Å²) in [5.74, 6) is 0.408. The Bertz CT molecular complexity index is 662. The number of aromatic nitrogens is 3. The Kier molecular flexibility index (Phi) is 4.04. The molecule has 3 rings (SSSR count). The predicted octanol–water partition coefficient (Wildman–Crippen LogP) is 0.613. The summed E-state index contributed by atoms with van der Waals surface area (Å²) in [6.07, 6.45) is 3.91. The summed E-state index contributed by atoms with van der Waals surface area (Å²) in [4.78, 5) is 27.0. The topological polar surface area (TPSA) is 91.2 Å². The molecule has 2 N–H and O–H groups in total. The summed E-state index contributed by atoms with van der Waals surface area (Å²) >= 11 is 1.30. The van der Waals surface area contributed by atoms with E-state index in [1.807, 2.05) is 4.90 Å². The summed E-state index contributed by atoms with van der Waals surface area (Å²) in [6.45, 7) is 3.06. The molecule has 7 nitrogen and oxygen atoms in total. The lowest BCUT2D eigenvalue weighted by molar-refractivity contribution is 0.0576. The molecule has 116 valence electrons. The first-order valence-corrected chi connectivity index (χ1v) is 7.88. The van der Waals surface area contributed by atoms with Crippen LogP contribution in [0.1, 0.15) is 21.8 Å². The molecule has 0 spiro atoms. The Morgan fingerprint density at radius 3 is 2.91 bits per heavy atom. The van der Waals surface area contributed by atoms with Gasteiger partial charge in [-0.3, -0.25) is 4.79 Å². The molecular formula is C14H17N5O2S. The van der Waals surface area contributed by atoms with Gasteiger partial charge in [-0.1, -0.05) is 0 Å². The minimum absolute atomic E-state index is 0.192. The maximum Gasteiger partial charge on any atom is 0.263 e. The van der Waals surface area contributed by atoms with Crippen LogP contribution in [0, 0.1) is 6.92 Å². The van der Waals surface area contributed by atoms with Crippen molar-refractivity contribution in [1.82, 2.24) is 20.3 Å². The number of nitrogens with one attached hydrogen (secondary N) is 1. The van der Waals surface area contributed by atoms with Crippen molar-refractivity contribution in [3.8, 4) is 0 Å². The van der Waals surface area contributed by atoms with E-state index in [4.69, 9.17) is 0 Å². The number of carbonyl (C=O) groups excluding carboxylic acids is 1. The molecule has 1 aliphatic rings. The van der Waals surface area contributed by atoms with Gasteiger partial charge >= 0.3 is 0 Å². The van der Waals surface area contributed by atoms with Crippen LogP contribution in [0.3, 0.4) is 0 Å². The van der Waals surface area contributed by atoms with Crippen molar-refractivity contribution in [2.24, 2.45) is 0 Å². The Balaban J connectivity index is 1.59.